The molecule has 0 aromatic heterocycles. The molecule has 25 heavy (non-hydrogen) atoms. The Labute approximate surface area is 151 Å². The van der Waals surface area contributed by atoms with Crippen LogP contribution in [0.3, 0.4) is 0 Å². The van der Waals surface area contributed by atoms with Crippen LogP contribution in [0.4, 0.5) is 5.69 Å². The summed E-state index contributed by atoms with van der Waals surface area (Å²) in [6.07, 6.45) is 2.07. The fourth-order valence-electron chi connectivity index (χ4n) is 3.02. The van der Waals surface area contributed by atoms with Crippen LogP contribution in [0.1, 0.15) is 34.8 Å². The fraction of sp³-hybridized carbons (Fsp3) is 0.263. The molecular formula is C19H20ClN3O2. The number of anilines is 1. The standard InChI is InChI=1S/C19H20ClN3O2/c20-16-12-14(8-9-15(16)18(21)24)22-17(13-6-2-1-3-7-13)19(25)23-10-4-5-11-23/h1-3,6-9,12,17,22H,4-5,10-11H2,(H2,21,24)/t17-/m1/s1. The zero-order valence-corrected chi connectivity index (χ0v) is 14.5. The molecular weight excluding hydrogens is 338 g/mol. The highest BCUT2D eigenvalue weighted by atomic mass is 35.5. The zero-order chi connectivity index (χ0) is 17.8. The molecule has 1 heterocycles. The molecule has 0 spiro atoms. The summed E-state index contributed by atoms with van der Waals surface area (Å²) < 4.78 is 0. The van der Waals surface area contributed by atoms with Gasteiger partial charge in [0.1, 0.15) is 6.04 Å². The van der Waals surface area contributed by atoms with Gasteiger partial charge in [0.05, 0.1) is 10.6 Å². The van der Waals surface area contributed by atoms with Crippen LogP contribution in [0.15, 0.2) is 48.5 Å². The van der Waals surface area contributed by atoms with Crippen molar-refractivity contribution in [1.29, 1.82) is 0 Å². The molecule has 0 radical (unpaired) electrons. The molecule has 0 saturated carbocycles. The van der Waals surface area contributed by atoms with E-state index in [4.69, 9.17) is 17.3 Å². The van der Waals surface area contributed by atoms with Gasteiger partial charge in [-0.05, 0) is 36.6 Å². The third-order valence-electron chi connectivity index (χ3n) is 4.34. The number of nitrogens with two attached hydrogens (primary N) is 1. The molecule has 2 aromatic rings. The van der Waals surface area contributed by atoms with Gasteiger partial charge in [0.25, 0.3) is 0 Å². The van der Waals surface area contributed by atoms with Gasteiger partial charge in [-0.15, -0.1) is 0 Å². The summed E-state index contributed by atoms with van der Waals surface area (Å²) in [6, 6.07) is 14.0. The van der Waals surface area contributed by atoms with E-state index in [0.29, 0.717) is 5.69 Å². The summed E-state index contributed by atoms with van der Waals surface area (Å²) in [4.78, 5) is 26.2. The lowest BCUT2D eigenvalue weighted by atomic mass is 10.0. The van der Waals surface area contributed by atoms with E-state index in [9.17, 15) is 9.59 Å². The Kier molecular flexibility index (Phi) is 5.24. The van der Waals surface area contributed by atoms with E-state index >= 15 is 0 Å². The summed E-state index contributed by atoms with van der Waals surface area (Å²) in [5.41, 5.74) is 7.09. The van der Waals surface area contributed by atoms with Gasteiger partial charge in [0, 0.05) is 18.8 Å². The van der Waals surface area contributed by atoms with Crippen LogP contribution in [-0.4, -0.2) is 29.8 Å². The number of nitrogens with zero attached hydrogens (tertiary/aromatic N) is 1. The predicted molar refractivity (Wildman–Crippen MR) is 98.6 cm³/mol. The maximum atomic E-state index is 13.0. The van der Waals surface area contributed by atoms with Crippen LogP contribution in [0.5, 0.6) is 0 Å². The van der Waals surface area contributed by atoms with Crippen molar-refractivity contribution in [2.45, 2.75) is 18.9 Å². The van der Waals surface area contributed by atoms with Crippen molar-refractivity contribution in [2.24, 2.45) is 5.73 Å². The number of amides is 2. The minimum atomic E-state index is -0.579. The Hall–Kier alpha value is -2.53. The van der Waals surface area contributed by atoms with Gasteiger partial charge in [0.15, 0.2) is 0 Å². The van der Waals surface area contributed by atoms with Gasteiger partial charge in [-0.1, -0.05) is 41.9 Å². The van der Waals surface area contributed by atoms with Crippen LogP contribution < -0.4 is 11.1 Å². The van der Waals surface area contributed by atoms with Crippen molar-refractivity contribution >= 4 is 29.1 Å². The van der Waals surface area contributed by atoms with Crippen LogP contribution in [-0.2, 0) is 4.79 Å². The molecule has 2 amide bonds. The molecule has 3 N–H and O–H groups in total. The number of hydrogen-bond acceptors (Lipinski definition) is 3. The Morgan fingerprint density at radius 3 is 2.36 bits per heavy atom. The third-order valence-corrected chi connectivity index (χ3v) is 4.66. The lowest BCUT2D eigenvalue weighted by Crippen LogP contribution is -2.36. The summed E-state index contributed by atoms with van der Waals surface area (Å²) in [5.74, 6) is -0.539. The minimum Gasteiger partial charge on any atom is -0.370 e. The lowest BCUT2D eigenvalue weighted by molar-refractivity contribution is -0.131. The third kappa shape index (κ3) is 3.94. The highest BCUT2D eigenvalue weighted by molar-refractivity contribution is 6.34. The second kappa shape index (κ2) is 7.57. The van der Waals surface area contributed by atoms with E-state index in [1.54, 1.807) is 18.2 Å². The fourth-order valence-corrected chi connectivity index (χ4v) is 3.30. The Balaban J connectivity index is 1.88. The molecule has 0 aliphatic carbocycles. The van der Waals surface area contributed by atoms with E-state index in [1.165, 1.54) is 0 Å². The molecule has 6 heteroatoms. The summed E-state index contributed by atoms with van der Waals surface area (Å²) in [5, 5.41) is 3.51. The van der Waals surface area contributed by atoms with Gasteiger partial charge in [-0.25, -0.2) is 0 Å². The molecule has 130 valence electrons. The van der Waals surface area contributed by atoms with Gasteiger partial charge < -0.3 is 16.0 Å². The second-order valence-corrected chi connectivity index (χ2v) is 6.49. The van der Waals surface area contributed by atoms with Crippen molar-refractivity contribution in [1.82, 2.24) is 4.90 Å². The van der Waals surface area contributed by atoms with E-state index in [0.717, 1.165) is 31.5 Å². The molecule has 2 aromatic carbocycles. The topological polar surface area (TPSA) is 75.4 Å². The second-order valence-electron chi connectivity index (χ2n) is 6.08. The molecule has 1 aliphatic rings. The van der Waals surface area contributed by atoms with E-state index in [-0.39, 0.29) is 16.5 Å². The molecule has 1 aliphatic heterocycles. The SMILES string of the molecule is NC(=O)c1ccc(N[C@@H](C(=O)N2CCCC2)c2ccccc2)cc1Cl. The molecule has 1 fully saturated rings. The van der Waals surface area contributed by atoms with Crippen molar-refractivity contribution in [3.8, 4) is 0 Å². The first-order valence-electron chi connectivity index (χ1n) is 8.26. The lowest BCUT2D eigenvalue weighted by Gasteiger charge is -2.25. The minimum absolute atomic E-state index is 0.0406. The van der Waals surface area contributed by atoms with Crippen molar-refractivity contribution in [2.75, 3.05) is 18.4 Å². The number of halogens is 1. The summed E-state index contributed by atoms with van der Waals surface area (Å²) in [6.45, 7) is 1.57. The predicted octanol–water partition coefficient (Wildman–Crippen LogP) is 3.21. The Morgan fingerprint density at radius 1 is 1.08 bits per heavy atom. The van der Waals surface area contributed by atoms with Crippen LogP contribution in [0.25, 0.3) is 0 Å². The van der Waals surface area contributed by atoms with Gasteiger partial charge in [-0.2, -0.15) is 0 Å². The first-order chi connectivity index (χ1) is 12.1. The van der Waals surface area contributed by atoms with Gasteiger partial charge >= 0.3 is 0 Å². The van der Waals surface area contributed by atoms with Crippen molar-refractivity contribution < 1.29 is 9.59 Å². The van der Waals surface area contributed by atoms with Gasteiger partial charge in [-0.3, -0.25) is 9.59 Å². The highest BCUT2D eigenvalue weighted by Gasteiger charge is 2.27. The van der Waals surface area contributed by atoms with Crippen LogP contribution in [0, 0.1) is 0 Å². The maximum absolute atomic E-state index is 13.0. The average Bonchev–Trinajstić information content (AvgIpc) is 3.14. The maximum Gasteiger partial charge on any atom is 0.250 e. The molecule has 5 nitrogen and oxygen atoms in total. The number of hydrogen-bond donors (Lipinski definition) is 2. The number of primary amides is 1. The van der Waals surface area contributed by atoms with Crippen LogP contribution in [0.2, 0.25) is 5.02 Å². The van der Waals surface area contributed by atoms with Crippen molar-refractivity contribution in [3.05, 3.63) is 64.7 Å². The van der Waals surface area contributed by atoms with Gasteiger partial charge in [0.2, 0.25) is 11.8 Å². The number of rotatable bonds is 5. The number of carbonyl (C=O) groups excluding carboxylic acids is 2. The summed E-state index contributed by atoms with van der Waals surface area (Å²) in [7, 11) is 0. The largest absolute Gasteiger partial charge is 0.370 e. The molecule has 0 unspecified atom stereocenters. The van der Waals surface area contributed by atoms with E-state index in [1.807, 2.05) is 35.2 Å². The molecule has 0 bridgehead atoms. The molecule has 1 atom stereocenters. The Bertz CT molecular complexity index is 773. The average molecular weight is 358 g/mol. The first-order valence-corrected chi connectivity index (χ1v) is 8.63. The normalized spacial score (nSPS) is 15.0. The smallest absolute Gasteiger partial charge is 0.250 e. The van der Waals surface area contributed by atoms with E-state index in [2.05, 4.69) is 5.32 Å². The Morgan fingerprint density at radius 2 is 1.76 bits per heavy atom. The quantitative estimate of drug-likeness (QED) is 0.862. The highest BCUT2D eigenvalue weighted by Crippen LogP contribution is 2.27. The zero-order valence-electron chi connectivity index (χ0n) is 13.7. The first kappa shape index (κ1) is 17.3. The van der Waals surface area contributed by atoms with E-state index < -0.39 is 11.9 Å². The molecule has 1 saturated heterocycles. The number of nitrogens with one attached hydrogen (secondary N) is 1. The molecule has 3 rings (SSSR count). The number of likely N-dealkylation sites (tertiary alicyclic amines) is 1. The summed E-state index contributed by atoms with van der Waals surface area (Å²) >= 11 is 6.12. The number of carbonyl (C=O) groups is 2. The van der Waals surface area contributed by atoms with Crippen molar-refractivity contribution in [3.63, 3.8) is 0 Å². The van der Waals surface area contributed by atoms with Crippen LogP contribution >= 0.6 is 11.6 Å². The monoisotopic (exact) mass is 357 g/mol. The number of benzene rings is 2.